The molecule has 2 saturated heterocycles. The second-order valence-electron chi connectivity index (χ2n) is 7.48. The maximum absolute atomic E-state index is 13.3. The highest BCUT2D eigenvalue weighted by molar-refractivity contribution is 7.89. The average molecular weight is 442 g/mol. The van der Waals surface area contributed by atoms with E-state index in [-0.39, 0.29) is 29.6 Å². The molecule has 1 amide bonds. The lowest BCUT2D eigenvalue weighted by atomic mass is 10.2. The second-order valence-corrected chi connectivity index (χ2v) is 9.38. The Morgan fingerprint density at radius 2 is 1.77 bits per heavy atom. The quantitative estimate of drug-likeness (QED) is 0.441. The number of carbonyl (C=O) groups is 1. The van der Waals surface area contributed by atoms with E-state index in [0.29, 0.717) is 51.6 Å². The Bertz CT molecular complexity index is 892. The Hall–Kier alpha value is -2.28. The van der Waals surface area contributed by atoms with Gasteiger partial charge in [-0.1, -0.05) is 0 Å². The first-order valence-electron chi connectivity index (χ1n) is 9.74. The number of nitro benzene ring substituents is 1. The van der Waals surface area contributed by atoms with Crippen molar-refractivity contribution in [3.63, 3.8) is 0 Å². The summed E-state index contributed by atoms with van der Waals surface area (Å²) in [6.07, 6.45) is 0. The maximum atomic E-state index is 13.3. The highest BCUT2D eigenvalue weighted by atomic mass is 32.2. The van der Waals surface area contributed by atoms with Gasteiger partial charge >= 0.3 is 0 Å². The third kappa shape index (κ3) is 4.89. The van der Waals surface area contributed by atoms with Crippen molar-refractivity contribution in [2.75, 3.05) is 78.0 Å². The monoisotopic (exact) mass is 441 g/mol. The minimum atomic E-state index is -3.91. The van der Waals surface area contributed by atoms with Gasteiger partial charge in [-0.05, 0) is 6.07 Å². The molecule has 2 fully saturated rings. The summed E-state index contributed by atoms with van der Waals surface area (Å²) >= 11 is 0. The number of ether oxygens (including phenoxy) is 1. The third-order valence-corrected chi connectivity index (χ3v) is 7.24. The molecule has 0 atom stereocenters. The van der Waals surface area contributed by atoms with Crippen LogP contribution in [0.15, 0.2) is 23.1 Å². The Kier molecular flexibility index (Phi) is 6.91. The van der Waals surface area contributed by atoms with Crippen molar-refractivity contribution in [3.8, 4) is 0 Å². The van der Waals surface area contributed by atoms with Crippen molar-refractivity contribution < 1.29 is 22.9 Å². The molecule has 1 aromatic carbocycles. The lowest BCUT2D eigenvalue weighted by molar-refractivity contribution is -0.385. The molecule has 166 valence electrons. The molecule has 0 saturated carbocycles. The fourth-order valence-electron chi connectivity index (χ4n) is 3.49. The van der Waals surface area contributed by atoms with E-state index in [0.717, 1.165) is 6.07 Å². The van der Waals surface area contributed by atoms with Crippen LogP contribution in [-0.4, -0.2) is 106 Å². The topological polar surface area (TPSA) is 117 Å². The molecule has 0 bridgehead atoms. The SMILES string of the molecule is CN(C)C(=O)CN1CCN(c2ccc([N+](=O)[O-])cc2S(=O)(=O)N2CCOCC2)CC1. The molecule has 0 radical (unpaired) electrons. The highest BCUT2D eigenvalue weighted by Crippen LogP contribution is 2.32. The number of rotatable bonds is 6. The van der Waals surface area contributed by atoms with Gasteiger partial charge in [-0.2, -0.15) is 4.31 Å². The van der Waals surface area contributed by atoms with Crippen molar-refractivity contribution in [2.24, 2.45) is 0 Å². The molecule has 2 heterocycles. The Labute approximate surface area is 176 Å². The number of amides is 1. The standard InChI is InChI=1S/C18H27N5O6S/c1-19(2)18(24)14-20-5-7-21(8-6-20)16-4-3-15(23(25)26)13-17(16)30(27,28)22-9-11-29-12-10-22/h3-4,13H,5-12,14H2,1-2H3. The molecule has 30 heavy (non-hydrogen) atoms. The summed E-state index contributed by atoms with van der Waals surface area (Å²) in [5, 5.41) is 11.3. The van der Waals surface area contributed by atoms with Crippen LogP contribution in [0.2, 0.25) is 0 Å². The number of sulfonamides is 1. The van der Waals surface area contributed by atoms with Crippen molar-refractivity contribution in [3.05, 3.63) is 28.3 Å². The number of piperazine rings is 1. The lowest BCUT2D eigenvalue weighted by Crippen LogP contribution is -2.50. The number of benzene rings is 1. The van der Waals surface area contributed by atoms with Gasteiger partial charge < -0.3 is 14.5 Å². The molecule has 0 unspecified atom stereocenters. The van der Waals surface area contributed by atoms with Gasteiger partial charge in [-0.3, -0.25) is 19.8 Å². The van der Waals surface area contributed by atoms with E-state index in [1.165, 1.54) is 21.3 Å². The van der Waals surface area contributed by atoms with Crippen LogP contribution < -0.4 is 4.90 Å². The molecular formula is C18H27N5O6S. The Balaban J connectivity index is 1.85. The molecule has 1 aromatic rings. The molecule has 2 aliphatic heterocycles. The number of hydrogen-bond donors (Lipinski definition) is 0. The first-order chi connectivity index (χ1) is 14.2. The average Bonchev–Trinajstić information content (AvgIpc) is 2.74. The largest absolute Gasteiger partial charge is 0.379 e. The summed E-state index contributed by atoms with van der Waals surface area (Å²) in [6.45, 7) is 3.54. The van der Waals surface area contributed by atoms with Crippen molar-refractivity contribution in [1.29, 1.82) is 0 Å². The lowest BCUT2D eigenvalue weighted by Gasteiger charge is -2.37. The van der Waals surface area contributed by atoms with Gasteiger partial charge in [0.15, 0.2) is 0 Å². The van der Waals surface area contributed by atoms with E-state index in [2.05, 4.69) is 0 Å². The molecule has 3 rings (SSSR count). The summed E-state index contributed by atoms with van der Waals surface area (Å²) < 4.78 is 33.1. The number of morpholine rings is 1. The van der Waals surface area contributed by atoms with Gasteiger partial charge in [-0.15, -0.1) is 0 Å². The van der Waals surface area contributed by atoms with Crippen LogP contribution in [0.4, 0.5) is 11.4 Å². The van der Waals surface area contributed by atoms with E-state index in [4.69, 9.17) is 4.74 Å². The number of likely N-dealkylation sites (N-methyl/N-ethyl adjacent to an activating group) is 1. The summed E-state index contributed by atoms with van der Waals surface area (Å²) in [7, 11) is -0.496. The first kappa shape index (κ1) is 22.4. The van der Waals surface area contributed by atoms with Gasteiger partial charge in [0.25, 0.3) is 5.69 Å². The van der Waals surface area contributed by atoms with Crippen LogP contribution in [0.5, 0.6) is 0 Å². The maximum Gasteiger partial charge on any atom is 0.270 e. The minimum Gasteiger partial charge on any atom is -0.379 e. The number of nitrogens with zero attached hydrogens (tertiary/aromatic N) is 5. The smallest absolute Gasteiger partial charge is 0.270 e. The zero-order valence-electron chi connectivity index (χ0n) is 17.2. The van der Waals surface area contributed by atoms with Gasteiger partial charge in [0.1, 0.15) is 4.90 Å². The predicted molar refractivity (Wildman–Crippen MR) is 110 cm³/mol. The summed E-state index contributed by atoms with van der Waals surface area (Å²) in [5.41, 5.74) is 0.187. The zero-order valence-corrected chi connectivity index (χ0v) is 18.0. The van der Waals surface area contributed by atoms with E-state index in [1.54, 1.807) is 14.1 Å². The number of anilines is 1. The molecule has 0 aromatic heterocycles. The van der Waals surface area contributed by atoms with Crippen LogP contribution in [0.1, 0.15) is 0 Å². The predicted octanol–water partition coefficient (Wildman–Crippen LogP) is -0.174. The van der Waals surface area contributed by atoms with E-state index in [1.807, 2.05) is 9.80 Å². The Morgan fingerprint density at radius 1 is 1.13 bits per heavy atom. The van der Waals surface area contributed by atoms with Crippen LogP contribution in [0.3, 0.4) is 0 Å². The van der Waals surface area contributed by atoms with Crippen LogP contribution >= 0.6 is 0 Å². The van der Waals surface area contributed by atoms with Gasteiger partial charge in [0.2, 0.25) is 15.9 Å². The molecule has 11 nitrogen and oxygen atoms in total. The van der Waals surface area contributed by atoms with Gasteiger partial charge in [-0.25, -0.2) is 8.42 Å². The first-order valence-corrected chi connectivity index (χ1v) is 11.2. The summed E-state index contributed by atoms with van der Waals surface area (Å²) in [6, 6.07) is 3.98. The van der Waals surface area contributed by atoms with Crippen molar-refractivity contribution in [1.82, 2.24) is 14.1 Å². The highest BCUT2D eigenvalue weighted by Gasteiger charge is 2.32. The van der Waals surface area contributed by atoms with Crippen LogP contribution in [0, 0.1) is 10.1 Å². The number of nitro groups is 1. The van der Waals surface area contributed by atoms with Gasteiger partial charge in [0, 0.05) is 65.5 Å². The fourth-order valence-corrected chi connectivity index (χ4v) is 5.13. The fraction of sp³-hybridized carbons (Fsp3) is 0.611. The number of hydrogen-bond acceptors (Lipinski definition) is 8. The molecule has 2 aliphatic rings. The van der Waals surface area contributed by atoms with Crippen LogP contribution in [0.25, 0.3) is 0 Å². The molecule has 0 spiro atoms. The zero-order chi connectivity index (χ0) is 21.9. The summed E-state index contributed by atoms with van der Waals surface area (Å²) in [4.78, 5) is 28.0. The normalized spacial score (nSPS) is 18.9. The number of non-ortho nitro benzene ring substituents is 1. The molecule has 12 heteroatoms. The molecule has 0 N–H and O–H groups in total. The molecular weight excluding hydrogens is 414 g/mol. The van der Waals surface area contributed by atoms with Crippen LogP contribution in [-0.2, 0) is 19.6 Å². The third-order valence-electron chi connectivity index (χ3n) is 5.31. The van der Waals surface area contributed by atoms with Crippen molar-refractivity contribution >= 4 is 27.3 Å². The minimum absolute atomic E-state index is 0.00868. The van der Waals surface area contributed by atoms with E-state index < -0.39 is 14.9 Å². The summed E-state index contributed by atoms with van der Waals surface area (Å²) in [5.74, 6) is 0.00868. The van der Waals surface area contributed by atoms with Crippen molar-refractivity contribution in [2.45, 2.75) is 4.90 Å². The molecule has 0 aliphatic carbocycles. The van der Waals surface area contributed by atoms with E-state index >= 15 is 0 Å². The number of carbonyl (C=O) groups excluding carboxylic acids is 1. The van der Waals surface area contributed by atoms with Gasteiger partial charge in [0.05, 0.1) is 30.4 Å². The van der Waals surface area contributed by atoms with E-state index in [9.17, 15) is 23.3 Å². The Morgan fingerprint density at radius 3 is 2.33 bits per heavy atom. The second kappa shape index (κ2) is 9.25.